The number of amides is 1. The average molecular weight is 577 g/mol. The maximum absolute atomic E-state index is 13.6. The van der Waals surface area contributed by atoms with E-state index in [1.165, 1.54) is 5.56 Å². The Kier molecular flexibility index (Phi) is 9.28. The number of esters is 1. The molecule has 3 fully saturated rings. The normalized spacial score (nSPS) is 23.0. The van der Waals surface area contributed by atoms with Crippen LogP contribution in [0.5, 0.6) is 0 Å². The third-order valence-electron chi connectivity index (χ3n) is 9.37. The number of carbonyl (C=O) groups excluding carboxylic acids is 2. The number of piperidine rings is 1. The molecule has 7 heteroatoms. The summed E-state index contributed by atoms with van der Waals surface area (Å²) in [6, 6.07) is 20.5. The second kappa shape index (κ2) is 12.8. The highest BCUT2D eigenvalue weighted by Gasteiger charge is 2.51. The smallest absolute Gasteiger partial charge is 0.410 e. The van der Waals surface area contributed by atoms with E-state index in [-0.39, 0.29) is 23.5 Å². The number of rotatable bonds is 11. The number of hydrogen-bond acceptors (Lipinski definition) is 6. The molecule has 2 aromatic rings. The molecule has 2 unspecified atom stereocenters. The zero-order valence-corrected chi connectivity index (χ0v) is 25.8. The molecule has 7 nitrogen and oxygen atoms in total. The van der Waals surface area contributed by atoms with Crippen LogP contribution in [-0.4, -0.2) is 73.4 Å². The first-order chi connectivity index (χ1) is 20.1. The molecule has 2 saturated carbocycles. The zero-order valence-electron chi connectivity index (χ0n) is 25.8. The largest absolute Gasteiger partial charge is 0.460 e. The number of nitrogens with zero attached hydrogens (tertiary/aromatic N) is 2. The van der Waals surface area contributed by atoms with Crippen LogP contribution in [-0.2, 0) is 25.6 Å². The van der Waals surface area contributed by atoms with Crippen LogP contribution in [0.2, 0.25) is 0 Å². The van der Waals surface area contributed by atoms with Gasteiger partial charge < -0.3 is 24.0 Å². The Morgan fingerprint density at radius 1 is 0.952 bits per heavy atom. The van der Waals surface area contributed by atoms with E-state index in [0.29, 0.717) is 25.7 Å². The van der Waals surface area contributed by atoms with Crippen molar-refractivity contribution in [2.24, 2.45) is 10.8 Å². The summed E-state index contributed by atoms with van der Waals surface area (Å²) in [6.45, 7) is 9.77. The van der Waals surface area contributed by atoms with Crippen molar-refractivity contribution in [3.8, 4) is 0 Å². The minimum Gasteiger partial charge on any atom is -0.460 e. The monoisotopic (exact) mass is 576 g/mol. The van der Waals surface area contributed by atoms with Gasteiger partial charge in [-0.05, 0) is 77.1 Å². The summed E-state index contributed by atoms with van der Waals surface area (Å²) in [5.74, 6) is 0.266. The van der Waals surface area contributed by atoms with Gasteiger partial charge in [0.25, 0.3) is 0 Å². The van der Waals surface area contributed by atoms with Gasteiger partial charge in [0, 0.05) is 37.6 Å². The lowest BCUT2D eigenvalue weighted by Gasteiger charge is -2.48. The molecule has 1 amide bonds. The molecule has 3 aliphatic rings. The van der Waals surface area contributed by atoms with Gasteiger partial charge in [-0.3, -0.25) is 4.79 Å². The topological polar surface area (TPSA) is 68.3 Å². The van der Waals surface area contributed by atoms with Crippen molar-refractivity contribution in [2.45, 2.75) is 83.5 Å². The molecule has 0 N–H and O–H groups in total. The minimum atomic E-state index is -0.559. The number of carbonyl (C=O) groups is 2. The minimum absolute atomic E-state index is 0.0666. The molecule has 0 bridgehead atoms. The molecule has 2 aromatic carbocycles. The lowest BCUT2D eigenvalue weighted by atomic mass is 9.67. The first kappa shape index (κ1) is 30.6. The van der Waals surface area contributed by atoms with E-state index >= 15 is 0 Å². The Morgan fingerprint density at radius 2 is 1.60 bits per heavy atom. The van der Waals surface area contributed by atoms with Crippen molar-refractivity contribution >= 4 is 12.1 Å². The number of likely N-dealkylation sites (tertiary alicyclic amines) is 1. The van der Waals surface area contributed by atoms with Gasteiger partial charge in [0.1, 0.15) is 12.2 Å². The van der Waals surface area contributed by atoms with Gasteiger partial charge >= 0.3 is 12.1 Å². The van der Waals surface area contributed by atoms with Crippen molar-refractivity contribution in [3.05, 3.63) is 71.8 Å². The highest BCUT2D eigenvalue weighted by molar-refractivity contribution is 5.78. The third kappa shape index (κ3) is 7.35. The molecule has 0 radical (unpaired) electrons. The second-order valence-corrected chi connectivity index (χ2v) is 13.8. The summed E-state index contributed by atoms with van der Waals surface area (Å²) in [6.07, 6.45) is 5.35. The fourth-order valence-electron chi connectivity index (χ4n) is 6.76. The van der Waals surface area contributed by atoms with Gasteiger partial charge in [-0.25, -0.2) is 4.79 Å². The lowest BCUT2D eigenvalue weighted by molar-refractivity contribution is -0.165. The van der Waals surface area contributed by atoms with E-state index in [9.17, 15) is 9.59 Å². The first-order valence-electron chi connectivity index (χ1n) is 15.6. The molecule has 1 heterocycles. The number of hydrogen-bond donors (Lipinski definition) is 0. The van der Waals surface area contributed by atoms with Crippen LogP contribution in [0.3, 0.4) is 0 Å². The standard InChI is InChI=1S/C35H48N2O5/c1-33(2,3)42-32(39)37(30-22-29(30)28-14-9-6-10-15-28)24-34(26-40-4)18-20-36(21-19-34)25-35(16-11-17-35)31(38)41-23-27-12-7-5-8-13-27/h5-10,12-15,29-30H,11,16-26H2,1-4H3. The van der Waals surface area contributed by atoms with Crippen LogP contribution in [0, 0.1) is 10.8 Å². The number of ether oxygens (including phenoxy) is 3. The maximum atomic E-state index is 13.6. The lowest BCUT2D eigenvalue weighted by Crippen LogP contribution is -2.54. The van der Waals surface area contributed by atoms with Gasteiger partial charge in [-0.15, -0.1) is 0 Å². The second-order valence-electron chi connectivity index (χ2n) is 13.8. The van der Waals surface area contributed by atoms with Crippen LogP contribution >= 0.6 is 0 Å². The predicted octanol–water partition coefficient (Wildman–Crippen LogP) is 6.42. The van der Waals surface area contributed by atoms with Crippen LogP contribution in [0.15, 0.2) is 60.7 Å². The zero-order chi connectivity index (χ0) is 29.8. The Hall–Kier alpha value is -2.90. The summed E-state index contributed by atoms with van der Waals surface area (Å²) in [7, 11) is 1.75. The molecular weight excluding hydrogens is 528 g/mol. The molecule has 0 aromatic heterocycles. The van der Waals surface area contributed by atoms with Gasteiger partial charge in [0.15, 0.2) is 0 Å². The van der Waals surface area contributed by atoms with E-state index in [1.807, 2.05) is 62.1 Å². The Labute approximate surface area is 251 Å². The molecule has 2 atom stereocenters. The Balaban J connectivity index is 1.23. The van der Waals surface area contributed by atoms with E-state index in [4.69, 9.17) is 14.2 Å². The molecule has 1 aliphatic heterocycles. The highest BCUT2D eigenvalue weighted by atomic mass is 16.6. The van der Waals surface area contributed by atoms with E-state index in [0.717, 1.165) is 63.7 Å². The van der Waals surface area contributed by atoms with Gasteiger partial charge in [-0.1, -0.05) is 67.1 Å². The fourth-order valence-corrected chi connectivity index (χ4v) is 6.76. The molecule has 42 heavy (non-hydrogen) atoms. The summed E-state index contributed by atoms with van der Waals surface area (Å²) >= 11 is 0. The third-order valence-corrected chi connectivity index (χ3v) is 9.37. The van der Waals surface area contributed by atoms with Gasteiger partial charge in [-0.2, -0.15) is 0 Å². The first-order valence-corrected chi connectivity index (χ1v) is 15.6. The van der Waals surface area contributed by atoms with Crippen molar-refractivity contribution in [2.75, 3.05) is 39.9 Å². The fraction of sp³-hybridized carbons (Fsp3) is 0.600. The summed E-state index contributed by atoms with van der Waals surface area (Å²) in [5.41, 5.74) is 1.16. The summed E-state index contributed by atoms with van der Waals surface area (Å²) in [4.78, 5) is 31.3. The van der Waals surface area contributed by atoms with Crippen LogP contribution in [0.1, 0.15) is 76.3 Å². The number of methoxy groups -OCH3 is 1. The van der Waals surface area contributed by atoms with Gasteiger partial charge in [0.05, 0.1) is 12.0 Å². The Morgan fingerprint density at radius 3 is 2.17 bits per heavy atom. The van der Waals surface area contributed by atoms with E-state index in [2.05, 4.69) is 29.2 Å². The van der Waals surface area contributed by atoms with E-state index < -0.39 is 11.0 Å². The summed E-state index contributed by atoms with van der Waals surface area (Å²) < 4.78 is 17.5. The van der Waals surface area contributed by atoms with Crippen molar-refractivity contribution < 1.29 is 23.8 Å². The molecule has 2 aliphatic carbocycles. The molecule has 0 spiro atoms. The van der Waals surface area contributed by atoms with Crippen molar-refractivity contribution in [1.82, 2.24) is 9.80 Å². The molecule has 228 valence electrons. The van der Waals surface area contributed by atoms with Crippen molar-refractivity contribution in [3.63, 3.8) is 0 Å². The van der Waals surface area contributed by atoms with Crippen LogP contribution in [0.25, 0.3) is 0 Å². The molecular formula is C35H48N2O5. The predicted molar refractivity (Wildman–Crippen MR) is 163 cm³/mol. The molecule has 1 saturated heterocycles. The van der Waals surface area contributed by atoms with Crippen LogP contribution < -0.4 is 0 Å². The number of benzene rings is 2. The Bertz CT molecular complexity index is 1180. The van der Waals surface area contributed by atoms with Crippen molar-refractivity contribution in [1.29, 1.82) is 0 Å². The summed E-state index contributed by atoms with van der Waals surface area (Å²) in [5, 5.41) is 0. The quantitative estimate of drug-likeness (QED) is 0.288. The SMILES string of the molecule is COCC1(CN(C(=O)OC(C)(C)C)C2CC2c2ccccc2)CCN(CC2(C(=O)OCc3ccccc3)CCC2)CC1. The van der Waals surface area contributed by atoms with E-state index in [1.54, 1.807) is 7.11 Å². The molecule has 5 rings (SSSR count). The maximum Gasteiger partial charge on any atom is 0.410 e. The highest BCUT2D eigenvalue weighted by Crippen LogP contribution is 2.48. The average Bonchev–Trinajstić information content (AvgIpc) is 3.74. The van der Waals surface area contributed by atoms with Crippen LogP contribution in [0.4, 0.5) is 4.79 Å². The van der Waals surface area contributed by atoms with Gasteiger partial charge in [0.2, 0.25) is 0 Å².